The molecule has 2 heterocycles. The molecule has 2 rings (SSSR count). The van der Waals surface area contributed by atoms with Crippen LogP contribution in [0.3, 0.4) is 0 Å². The number of methoxy groups -OCH3 is 1. The lowest BCUT2D eigenvalue weighted by Gasteiger charge is -2.29. The van der Waals surface area contributed by atoms with Crippen LogP contribution in [0.25, 0.3) is 0 Å². The average Bonchev–Trinajstić information content (AvgIpc) is 2.95. The zero-order valence-corrected chi connectivity index (χ0v) is 11.8. The molecule has 2 atom stereocenters. The van der Waals surface area contributed by atoms with Gasteiger partial charge in [0, 0.05) is 24.8 Å². The van der Waals surface area contributed by atoms with E-state index in [4.69, 9.17) is 9.47 Å². The van der Waals surface area contributed by atoms with Gasteiger partial charge in [-0.3, -0.25) is 9.69 Å². The van der Waals surface area contributed by atoms with Crippen LogP contribution < -0.4 is 4.74 Å². The molecule has 2 unspecified atom stereocenters. The Morgan fingerprint density at radius 2 is 2.35 bits per heavy atom. The minimum atomic E-state index is -0.793. The largest absolute Gasteiger partial charge is 0.481 e. The van der Waals surface area contributed by atoms with Gasteiger partial charge in [-0.15, -0.1) is 0 Å². The van der Waals surface area contributed by atoms with Gasteiger partial charge < -0.3 is 14.6 Å². The van der Waals surface area contributed by atoms with Gasteiger partial charge in [0.25, 0.3) is 0 Å². The zero-order valence-electron chi connectivity index (χ0n) is 11.8. The van der Waals surface area contributed by atoms with E-state index in [9.17, 15) is 9.90 Å². The third kappa shape index (κ3) is 3.26. The van der Waals surface area contributed by atoms with E-state index in [1.807, 2.05) is 19.1 Å². The Morgan fingerprint density at radius 1 is 1.55 bits per heavy atom. The Hall–Kier alpha value is -1.66. The smallest absolute Gasteiger partial charge is 0.310 e. The van der Waals surface area contributed by atoms with E-state index in [2.05, 4.69) is 9.88 Å². The van der Waals surface area contributed by atoms with Gasteiger partial charge in [0.1, 0.15) is 0 Å². The summed E-state index contributed by atoms with van der Waals surface area (Å²) in [5.41, 5.74) is 1.03. The summed E-state index contributed by atoms with van der Waals surface area (Å²) in [7, 11) is 1.58. The maximum absolute atomic E-state index is 11.2. The Kier molecular flexibility index (Phi) is 4.92. The molecule has 1 aliphatic heterocycles. The fraction of sp³-hybridized carbons (Fsp3) is 0.571. The molecule has 6 heteroatoms. The molecular weight excluding hydrogens is 260 g/mol. The maximum Gasteiger partial charge on any atom is 0.310 e. The molecule has 1 N–H and O–H groups in total. The van der Waals surface area contributed by atoms with E-state index in [0.29, 0.717) is 19.0 Å². The molecule has 1 fully saturated rings. The highest BCUT2D eigenvalue weighted by Gasteiger charge is 2.37. The third-order valence-electron chi connectivity index (χ3n) is 3.64. The molecule has 1 saturated heterocycles. The molecule has 110 valence electrons. The second-order valence-electron chi connectivity index (χ2n) is 4.82. The highest BCUT2D eigenvalue weighted by molar-refractivity contribution is 5.71. The predicted molar refractivity (Wildman–Crippen MR) is 72.6 cm³/mol. The molecule has 1 aromatic rings. The lowest BCUT2D eigenvalue weighted by Crippen LogP contribution is -2.42. The van der Waals surface area contributed by atoms with Crippen molar-refractivity contribution in [2.24, 2.45) is 5.92 Å². The summed E-state index contributed by atoms with van der Waals surface area (Å²) in [6.45, 7) is 4.20. The van der Waals surface area contributed by atoms with Gasteiger partial charge in [-0.25, -0.2) is 4.98 Å². The first-order valence-electron chi connectivity index (χ1n) is 6.69. The monoisotopic (exact) mass is 280 g/mol. The number of aromatic nitrogens is 1. The molecule has 0 saturated carbocycles. The molecule has 0 bridgehead atoms. The van der Waals surface area contributed by atoms with Crippen molar-refractivity contribution in [2.45, 2.75) is 19.5 Å². The van der Waals surface area contributed by atoms with Crippen LogP contribution in [0.4, 0.5) is 0 Å². The second-order valence-corrected chi connectivity index (χ2v) is 4.82. The first kappa shape index (κ1) is 14.7. The van der Waals surface area contributed by atoms with Gasteiger partial charge in [-0.1, -0.05) is 13.0 Å². The molecular formula is C14H20N2O4. The van der Waals surface area contributed by atoms with Crippen LogP contribution in [0.1, 0.15) is 12.5 Å². The number of rotatable bonds is 6. The van der Waals surface area contributed by atoms with Gasteiger partial charge in [0.05, 0.1) is 26.2 Å². The van der Waals surface area contributed by atoms with E-state index in [-0.39, 0.29) is 12.6 Å². The first-order chi connectivity index (χ1) is 9.65. The summed E-state index contributed by atoms with van der Waals surface area (Å²) >= 11 is 0. The minimum Gasteiger partial charge on any atom is -0.481 e. The van der Waals surface area contributed by atoms with Crippen molar-refractivity contribution in [3.63, 3.8) is 0 Å². The highest BCUT2D eigenvalue weighted by atomic mass is 16.5. The van der Waals surface area contributed by atoms with E-state index in [0.717, 1.165) is 12.1 Å². The Bertz CT molecular complexity index is 449. The number of pyridine rings is 1. The third-order valence-corrected chi connectivity index (χ3v) is 3.64. The number of hydrogen-bond donors (Lipinski definition) is 1. The Balaban J connectivity index is 2.05. The molecule has 1 aromatic heterocycles. The Labute approximate surface area is 118 Å². The van der Waals surface area contributed by atoms with Crippen LogP contribution in [-0.2, 0) is 16.1 Å². The summed E-state index contributed by atoms with van der Waals surface area (Å²) in [4.78, 5) is 17.5. The summed E-state index contributed by atoms with van der Waals surface area (Å²) in [5.74, 6) is -0.677. The predicted octanol–water partition coefficient (Wildman–Crippen LogP) is 1.01. The second kappa shape index (κ2) is 6.67. The van der Waals surface area contributed by atoms with Gasteiger partial charge in [0.15, 0.2) is 0 Å². The lowest BCUT2D eigenvalue weighted by molar-refractivity contribution is -0.143. The van der Waals surface area contributed by atoms with E-state index in [1.165, 1.54) is 0 Å². The van der Waals surface area contributed by atoms with Crippen molar-refractivity contribution in [3.8, 4) is 5.88 Å². The number of nitrogens with zero attached hydrogens (tertiary/aromatic N) is 2. The van der Waals surface area contributed by atoms with Crippen LogP contribution in [0, 0.1) is 5.92 Å². The normalized spacial score (nSPS) is 22.1. The number of carboxylic acid groups (broad SMARTS) is 1. The van der Waals surface area contributed by atoms with Crippen molar-refractivity contribution in [1.29, 1.82) is 0 Å². The van der Waals surface area contributed by atoms with Gasteiger partial charge in [-0.2, -0.15) is 0 Å². The maximum atomic E-state index is 11.2. The summed E-state index contributed by atoms with van der Waals surface area (Å²) in [6.07, 6.45) is 1.76. The summed E-state index contributed by atoms with van der Waals surface area (Å²) in [5, 5.41) is 9.23. The van der Waals surface area contributed by atoms with Crippen LogP contribution in [0.5, 0.6) is 5.88 Å². The highest BCUT2D eigenvalue weighted by Crippen LogP contribution is 2.22. The van der Waals surface area contributed by atoms with Crippen molar-refractivity contribution < 1.29 is 19.4 Å². The van der Waals surface area contributed by atoms with Gasteiger partial charge >= 0.3 is 5.97 Å². The molecule has 0 aromatic carbocycles. The molecule has 0 aliphatic carbocycles. The van der Waals surface area contributed by atoms with Crippen LogP contribution in [0.2, 0.25) is 0 Å². The SMILES string of the molecule is CCN(Cc1ccc(OC)nc1)C1COCC1C(=O)O. The molecule has 0 radical (unpaired) electrons. The van der Waals surface area contributed by atoms with Crippen molar-refractivity contribution >= 4 is 5.97 Å². The van der Waals surface area contributed by atoms with E-state index in [1.54, 1.807) is 13.3 Å². The number of carboxylic acids is 1. The molecule has 0 spiro atoms. The quantitative estimate of drug-likeness (QED) is 0.838. The number of ether oxygens (including phenoxy) is 2. The van der Waals surface area contributed by atoms with Gasteiger partial charge in [0.2, 0.25) is 5.88 Å². The molecule has 1 aliphatic rings. The summed E-state index contributed by atoms with van der Waals surface area (Å²) in [6, 6.07) is 3.67. The number of aliphatic carboxylic acids is 1. The fourth-order valence-electron chi connectivity index (χ4n) is 2.46. The topological polar surface area (TPSA) is 71.9 Å². The van der Waals surface area contributed by atoms with Crippen LogP contribution >= 0.6 is 0 Å². The molecule has 0 amide bonds. The van der Waals surface area contributed by atoms with E-state index < -0.39 is 11.9 Å². The number of hydrogen-bond acceptors (Lipinski definition) is 5. The molecule has 6 nitrogen and oxygen atoms in total. The standard InChI is InChI=1S/C14H20N2O4/c1-3-16(12-9-20-8-11(12)14(17)18)7-10-4-5-13(19-2)15-6-10/h4-6,11-12H,3,7-9H2,1-2H3,(H,17,18). The lowest BCUT2D eigenvalue weighted by atomic mass is 10.0. The summed E-state index contributed by atoms with van der Waals surface area (Å²) < 4.78 is 10.4. The van der Waals surface area contributed by atoms with Crippen molar-refractivity contribution in [2.75, 3.05) is 26.9 Å². The number of likely N-dealkylation sites (N-methyl/N-ethyl adjacent to an activating group) is 1. The average molecular weight is 280 g/mol. The minimum absolute atomic E-state index is 0.0837. The Morgan fingerprint density at radius 3 is 2.90 bits per heavy atom. The first-order valence-corrected chi connectivity index (χ1v) is 6.69. The zero-order chi connectivity index (χ0) is 14.5. The number of carbonyl (C=O) groups is 1. The van der Waals surface area contributed by atoms with Gasteiger partial charge in [-0.05, 0) is 12.1 Å². The van der Waals surface area contributed by atoms with Crippen molar-refractivity contribution in [1.82, 2.24) is 9.88 Å². The van der Waals surface area contributed by atoms with E-state index >= 15 is 0 Å². The van der Waals surface area contributed by atoms with Crippen LogP contribution in [-0.4, -0.2) is 53.9 Å². The van der Waals surface area contributed by atoms with Crippen molar-refractivity contribution in [3.05, 3.63) is 23.9 Å². The fourth-order valence-corrected chi connectivity index (χ4v) is 2.46. The van der Waals surface area contributed by atoms with Crippen LogP contribution in [0.15, 0.2) is 18.3 Å². The molecule has 20 heavy (non-hydrogen) atoms.